The van der Waals surface area contributed by atoms with E-state index in [2.05, 4.69) is 58.7 Å². The topological polar surface area (TPSA) is 41.6 Å². The van der Waals surface area contributed by atoms with Gasteiger partial charge in [-0.15, -0.1) is 0 Å². The largest absolute Gasteiger partial charge is 0.379 e. The minimum absolute atomic E-state index is 0.118. The molecule has 3 rings (SSSR count). The minimum atomic E-state index is 0.118. The smallest absolute Gasteiger partial charge is 0.221 e. The maximum atomic E-state index is 12.0. The van der Waals surface area contributed by atoms with E-state index in [0.29, 0.717) is 13.0 Å². The minimum Gasteiger partial charge on any atom is -0.379 e. The van der Waals surface area contributed by atoms with Gasteiger partial charge in [0.2, 0.25) is 5.91 Å². The number of carbonyl (C=O) groups excluding carboxylic acids is 1. The van der Waals surface area contributed by atoms with Gasteiger partial charge in [-0.2, -0.15) is 11.8 Å². The highest BCUT2D eigenvalue weighted by atomic mass is 32.2. The highest BCUT2D eigenvalue weighted by Gasteiger charge is 2.10. The van der Waals surface area contributed by atoms with Crippen LogP contribution in [-0.4, -0.2) is 42.9 Å². The van der Waals surface area contributed by atoms with Crippen LogP contribution in [-0.2, 0) is 28.4 Å². The van der Waals surface area contributed by atoms with Gasteiger partial charge in [0, 0.05) is 44.1 Å². The van der Waals surface area contributed by atoms with Crippen molar-refractivity contribution in [2.75, 3.05) is 32.1 Å². The lowest BCUT2D eigenvalue weighted by atomic mass is 10.1. The molecule has 5 heteroatoms. The second-order valence-electron chi connectivity index (χ2n) is 6.77. The predicted octanol–water partition coefficient (Wildman–Crippen LogP) is 3.46. The molecule has 1 aliphatic heterocycles. The molecule has 4 nitrogen and oxygen atoms in total. The molecule has 0 aliphatic carbocycles. The van der Waals surface area contributed by atoms with E-state index in [-0.39, 0.29) is 5.91 Å². The van der Waals surface area contributed by atoms with E-state index < -0.39 is 0 Å². The molecule has 0 bridgehead atoms. The van der Waals surface area contributed by atoms with Crippen LogP contribution in [0.2, 0.25) is 0 Å². The van der Waals surface area contributed by atoms with Gasteiger partial charge in [-0.1, -0.05) is 54.6 Å². The van der Waals surface area contributed by atoms with Gasteiger partial charge in [0.25, 0.3) is 0 Å². The van der Waals surface area contributed by atoms with Crippen molar-refractivity contribution >= 4 is 17.7 Å². The molecular formula is C22H28N2O2S. The van der Waals surface area contributed by atoms with Crippen molar-refractivity contribution < 1.29 is 9.53 Å². The lowest BCUT2D eigenvalue weighted by Crippen LogP contribution is -2.35. The highest BCUT2D eigenvalue weighted by molar-refractivity contribution is 7.98. The van der Waals surface area contributed by atoms with E-state index in [1.54, 1.807) is 11.8 Å². The zero-order valence-corrected chi connectivity index (χ0v) is 16.5. The quantitative estimate of drug-likeness (QED) is 0.673. The molecule has 1 saturated heterocycles. The summed E-state index contributed by atoms with van der Waals surface area (Å²) < 4.78 is 5.39. The summed E-state index contributed by atoms with van der Waals surface area (Å²) in [6.45, 7) is 5.22. The Morgan fingerprint density at radius 1 is 0.963 bits per heavy atom. The Kier molecular flexibility index (Phi) is 8.21. The van der Waals surface area contributed by atoms with Crippen LogP contribution in [0.3, 0.4) is 0 Å². The summed E-state index contributed by atoms with van der Waals surface area (Å²) in [4.78, 5) is 14.4. The molecule has 0 radical (unpaired) electrons. The number of nitrogens with zero attached hydrogens (tertiary/aromatic N) is 1. The zero-order chi connectivity index (χ0) is 18.7. The van der Waals surface area contributed by atoms with E-state index in [1.807, 2.05) is 6.07 Å². The van der Waals surface area contributed by atoms with Gasteiger partial charge >= 0.3 is 0 Å². The van der Waals surface area contributed by atoms with E-state index in [9.17, 15) is 4.79 Å². The van der Waals surface area contributed by atoms with E-state index in [4.69, 9.17) is 4.74 Å². The molecule has 1 N–H and O–H groups in total. The molecule has 1 heterocycles. The van der Waals surface area contributed by atoms with Crippen molar-refractivity contribution in [2.45, 2.75) is 25.3 Å². The fourth-order valence-corrected chi connectivity index (χ4v) is 3.90. The normalized spacial score (nSPS) is 14.8. The second-order valence-corrected chi connectivity index (χ2v) is 7.88. The Hall–Kier alpha value is -1.82. The van der Waals surface area contributed by atoms with Crippen LogP contribution in [0, 0.1) is 0 Å². The molecule has 0 saturated carbocycles. The maximum Gasteiger partial charge on any atom is 0.221 e. The lowest BCUT2D eigenvalue weighted by Gasteiger charge is -2.26. The van der Waals surface area contributed by atoms with Gasteiger partial charge in [0.15, 0.2) is 0 Å². The van der Waals surface area contributed by atoms with Crippen molar-refractivity contribution in [2.24, 2.45) is 0 Å². The Morgan fingerprint density at radius 3 is 2.41 bits per heavy atom. The zero-order valence-electron chi connectivity index (χ0n) is 15.7. The summed E-state index contributed by atoms with van der Waals surface area (Å²) in [5, 5.41) is 3.02. The molecule has 2 aromatic rings. The van der Waals surface area contributed by atoms with Crippen LogP contribution in [0.25, 0.3) is 0 Å². The average Bonchev–Trinajstić information content (AvgIpc) is 2.72. The summed E-state index contributed by atoms with van der Waals surface area (Å²) in [6, 6.07) is 18.9. The van der Waals surface area contributed by atoms with Gasteiger partial charge in [-0.25, -0.2) is 0 Å². The lowest BCUT2D eigenvalue weighted by molar-refractivity contribution is -0.120. The van der Waals surface area contributed by atoms with Crippen LogP contribution >= 0.6 is 11.8 Å². The Labute approximate surface area is 166 Å². The number of amides is 1. The number of rotatable bonds is 9. The van der Waals surface area contributed by atoms with Gasteiger partial charge in [-0.3, -0.25) is 9.69 Å². The van der Waals surface area contributed by atoms with Crippen molar-refractivity contribution in [3.05, 3.63) is 71.3 Å². The SMILES string of the molecule is O=C(CCSCc1ccccc1)NCc1ccc(CN2CCOCC2)cc1. The molecule has 1 aliphatic rings. The number of nitrogens with one attached hydrogen (secondary N) is 1. The predicted molar refractivity (Wildman–Crippen MR) is 112 cm³/mol. The first kappa shape index (κ1) is 19.9. The number of morpholine rings is 1. The van der Waals surface area contributed by atoms with Gasteiger partial charge in [-0.05, 0) is 16.7 Å². The molecule has 1 amide bonds. The summed E-state index contributed by atoms with van der Waals surface area (Å²) >= 11 is 1.80. The molecule has 0 atom stereocenters. The van der Waals surface area contributed by atoms with Crippen LogP contribution in [0.1, 0.15) is 23.1 Å². The van der Waals surface area contributed by atoms with E-state index in [1.165, 1.54) is 11.1 Å². The van der Waals surface area contributed by atoms with Crippen molar-refractivity contribution in [3.8, 4) is 0 Å². The molecule has 2 aromatic carbocycles. The first-order valence-electron chi connectivity index (χ1n) is 9.56. The molecule has 0 unspecified atom stereocenters. The fourth-order valence-electron chi connectivity index (χ4n) is 3.00. The molecule has 0 spiro atoms. The molecular weight excluding hydrogens is 356 g/mol. The standard InChI is InChI=1S/C22H28N2O2S/c25-22(10-15-27-18-21-4-2-1-3-5-21)23-16-19-6-8-20(9-7-19)17-24-11-13-26-14-12-24/h1-9H,10-18H2,(H,23,25). The number of ether oxygens (including phenoxy) is 1. The van der Waals surface area contributed by atoms with Crippen molar-refractivity contribution in [1.82, 2.24) is 10.2 Å². The van der Waals surface area contributed by atoms with Gasteiger partial charge in [0.05, 0.1) is 13.2 Å². The van der Waals surface area contributed by atoms with Crippen LogP contribution in [0.15, 0.2) is 54.6 Å². The van der Waals surface area contributed by atoms with E-state index >= 15 is 0 Å². The van der Waals surface area contributed by atoms with Crippen LogP contribution < -0.4 is 5.32 Å². The average molecular weight is 385 g/mol. The molecule has 27 heavy (non-hydrogen) atoms. The Morgan fingerprint density at radius 2 is 1.67 bits per heavy atom. The first-order chi connectivity index (χ1) is 13.3. The summed E-state index contributed by atoms with van der Waals surface area (Å²) in [6.07, 6.45) is 0.562. The Bertz CT molecular complexity index is 685. The van der Waals surface area contributed by atoms with E-state index in [0.717, 1.165) is 49.9 Å². The summed E-state index contributed by atoms with van der Waals surface area (Å²) in [5.74, 6) is 1.92. The van der Waals surface area contributed by atoms with Crippen LogP contribution in [0.5, 0.6) is 0 Å². The summed E-state index contributed by atoms with van der Waals surface area (Å²) in [5.41, 5.74) is 3.76. The first-order valence-corrected chi connectivity index (χ1v) is 10.7. The molecule has 0 aromatic heterocycles. The number of hydrogen-bond donors (Lipinski definition) is 1. The molecule has 144 valence electrons. The molecule has 1 fully saturated rings. The third-order valence-electron chi connectivity index (χ3n) is 4.61. The maximum absolute atomic E-state index is 12.0. The third kappa shape index (κ3) is 7.37. The number of benzene rings is 2. The second kappa shape index (κ2) is 11.1. The fraction of sp³-hybridized carbons (Fsp3) is 0.409. The summed E-state index contributed by atoms with van der Waals surface area (Å²) in [7, 11) is 0. The van der Waals surface area contributed by atoms with Gasteiger partial charge in [0.1, 0.15) is 0 Å². The number of carbonyl (C=O) groups is 1. The Balaban J connectivity index is 1.31. The van der Waals surface area contributed by atoms with Crippen molar-refractivity contribution in [1.29, 1.82) is 0 Å². The highest BCUT2D eigenvalue weighted by Crippen LogP contribution is 2.13. The van der Waals surface area contributed by atoms with Gasteiger partial charge < -0.3 is 10.1 Å². The van der Waals surface area contributed by atoms with Crippen molar-refractivity contribution in [3.63, 3.8) is 0 Å². The number of thioether (sulfide) groups is 1. The van der Waals surface area contributed by atoms with Crippen LogP contribution in [0.4, 0.5) is 0 Å². The number of hydrogen-bond acceptors (Lipinski definition) is 4. The third-order valence-corrected chi connectivity index (χ3v) is 5.64. The monoisotopic (exact) mass is 384 g/mol.